The van der Waals surface area contributed by atoms with Gasteiger partial charge in [-0.1, -0.05) is 12.1 Å². The summed E-state index contributed by atoms with van der Waals surface area (Å²) in [7, 11) is 0.761. The van der Waals surface area contributed by atoms with Gasteiger partial charge < -0.3 is 20.5 Å². The Labute approximate surface area is 225 Å². The standard InChI is InChI=1S/C29H39N5O3S/c1-32(2)24-8-6-21(7-9-24)23-18-25-27(20-31-28(25)26(19-23)29(30)35)22-10-15-34(16-11-22)38(36,37)17-5-14-33-12-3-4-13-33/h6-9,18-20,22,31H,3-5,10-17H2,1-2H3,(H2,30,35). The first kappa shape index (κ1) is 26.7. The number of fused-ring (bicyclic) bond motifs is 1. The minimum Gasteiger partial charge on any atom is -0.378 e. The summed E-state index contributed by atoms with van der Waals surface area (Å²) >= 11 is 0. The van der Waals surface area contributed by atoms with Gasteiger partial charge in [0.15, 0.2) is 0 Å². The number of aromatic amines is 1. The van der Waals surface area contributed by atoms with Gasteiger partial charge in [-0.2, -0.15) is 0 Å². The summed E-state index contributed by atoms with van der Waals surface area (Å²) < 4.78 is 27.7. The number of nitrogens with zero attached hydrogens (tertiary/aromatic N) is 3. The third-order valence-electron chi connectivity index (χ3n) is 8.17. The van der Waals surface area contributed by atoms with Gasteiger partial charge in [-0.3, -0.25) is 4.79 Å². The number of anilines is 1. The fraction of sp³-hybridized carbons (Fsp3) is 0.483. The van der Waals surface area contributed by atoms with Gasteiger partial charge >= 0.3 is 0 Å². The lowest BCUT2D eigenvalue weighted by molar-refractivity contribution is 0.100. The van der Waals surface area contributed by atoms with E-state index >= 15 is 0 Å². The molecule has 3 heterocycles. The Morgan fingerprint density at radius 3 is 2.34 bits per heavy atom. The van der Waals surface area contributed by atoms with Crippen molar-refractivity contribution in [3.05, 3.63) is 53.7 Å². The summed E-state index contributed by atoms with van der Waals surface area (Å²) in [6, 6.07) is 12.2. The van der Waals surface area contributed by atoms with Crippen LogP contribution in [0.5, 0.6) is 0 Å². The second kappa shape index (κ2) is 11.1. The minimum atomic E-state index is -3.25. The van der Waals surface area contributed by atoms with Crippen LogP contribution in [0.15, 0.2) is 42.6 Å². The highest BCUT2D eigenvalue weighted by Gasteiger charge is 2.30. The molecule has 8 nitrogen and oxygen atoms in total. The maximum absolute atomic E-state index is 13.0. The van der Waals surface area contributed by atoms with E-state index in [9.17, 15) is 13.2 Å². The predicted octanol–water partition coefficient (Wildman–Crippen LogP) is 3.99. The van der Waals surface area contributed by atoms with E-state index in [0.29, 0.717) is 25.1 Å². The van der Waals surface area contributed by atoms with Gasteiger partial charge in [-0.25, -0.2) is 12.7 Å². The highest BCUT2D eigenvalue weighted by molar-refractivity contribution is 7.89. The van der Waals surface area contributed by atoms with Gasteiger partial charge in [0.05, 0.1) is 16.8 Å². The van der Waals surface area contributed by atoms with E-state index in [1.807, 2.05) is 31.3 Å². The van der Waals surface area contributed by atoms with Crippen LogP contribution in [-0.4, -0.2) is 81.1 Å². The maximum atomic E-state index is 13.0. The molecule has 38 heavy (non-hydrogen) atoms. The van der Waals surface area contributed by atoms with Gasteiger partial charge in [-0.15, -0.1) is 0 Å². The SMILES string of the molecule is CN(C)c1ccc(-c2cc(C(N)=O)c3[nH]cc(C4CCN(S(=O)(=O)CCCN5CCCC5)CC4)c3c2)cc1. The molecule has 0 spiro atoms. The number of carbonyl (C=O) groups excluding carboxylic acids is 1. The smallest absolute Gasteiger partial charge is 0.250 e. The van der Waals surface area contributed by atoms with Crippen molar-refractivity contribution < 1.29 is 13.2 Å². The molecule has 5 rings (SSSR count). The quantitative estimate of drug-likeness (QED) is 0.430. The van der Waals surface area contributed by atoms with Crippen molar-refractivity contribution >= 4 is 32.5 Å². The molecule has 0 aliphatic carbocycles. The van der Waals surface area contributed by atoms with E-state index in [1.165, 1.54) is 12.8 Å². The summed E-state index contributed by atoms with van der Waals surface area (Å²) in [6.07, 6.45) is 6.62. The highest BCUT2D eigenvalue weighted by Crippen LogP contribution is 2.37. The lowest BCUT2D eigenvalue weighted by atomic mass is 9.88. The molecule has 9 heteroatoms. The zero-order valence-corrected chi connectivity index (χ0v) is 23.3. The summed E-state index contributed by atoms with van der Waals surface area (Å²) in [6.45, 7) is 4.11. The first-order valence-electron chi connectivity index (χ1n) is 13.7. The van der Waals surface area contributed by atoms with E-state index in [0.717, 1.165) is 65.8 Å². The van der Waals surface area contributed by atoms with E-state index in [1.54, 1.807) is 4.31 Å². The Hall–Kier alpha value is -2.88. The van der Waals surface area contributed by atoms with Crippen molar-refractivity contribution in [1.29, 1.82) is 0 Å². The molecule has 0 radical (unpaired) electrons. The molecule has 2 aliphatic rings. The van der Waals surface area contributed by atoms with Crippen LogP contribution in [0.1, 0.15) is 53.9 Å². The number of amides is 1. The largest absolute Gasteiger partial charge is 0.378 e. The molecule has 2 saturated heterocycles. The number of hydrogen-bond acceptors (Lipinski definition) is 5. The van der Waals surface area contributed by atoms with Gasteiger partial charge in [0.1, 0.15) is 0 Å². The number of sulfonamides is 1. The van der Waals surface area contributed by atoms with Gasteiger partial charge in [0.2, 0.25) is 10.0 Å². The zero-order valence-electron chi connectivity index (χ0n) is 22.4. The van der Waals surface area contributed by atoms with Crippen molar-refractivity contribution in [2.45, 2.75) is 38.0 Å². The lowest BCUT2D eigenvalue weighted by Crippen LogP contribution is -2.39. The molecular formula is C29H39N5O3S. The van der Waals surface area contributed by atoms with Crippen LogP contribution < -0.4 is 10.6 Å². The average Bonchev–Trinajstić information content (AvgIpc) is 3.58. The monoisotopic (exact) mass is 537 g/mol. The molecule has 204 valence electrons. The molecule has 0 saturated carbocycles. The number of carbonyl (C=O) groups is 1. The van der Waals surface area contributed by atoms with Gasteiger partial charge in [-0.05, 0) is 98.6 Å². The number of likely N-dealkylation sites (tertiary alicyclic amines) is 1. The minimum absolute atomic E-state index is 0.215. The van der Waals surface area contributed by atoms with Crippen LogP contribution in [-0.2, 0) is 10.0 Å². The second-order valence-corrected chi connectivity index (χ2v) is 13.0. The van der Waals surface area contributed by atoms with Crippen molar-refractivity contribution in [1.82, 2.24) is 14.2 Å². The van der Waals surface area contributed by atoms with Crippen LogP contribution in [0.2, 0.25) is 0 Å². The maximum Gasteiger partial charge on any atom is 0.250 e. The Kier molecular flexibility index (Phi) is 7.79. The average molecular weight is 538 g/mol. The Balaban J connectivity index is 1.33. The van der Waals surface area contributed by atoms with Crippen molar-refractivity contribution in [2.24, 2.45) is 5.73 Å². The third-order valence-corrected chi connectivity index (χ3v) is 10.1. The number of benzene rings is 2. The second-order valence-electron chi connectivity index (χ2n) is 10.9. The van der Waals surface area contributed by atoms with Crippen LogP contribution in [0.3, 0.4) is 0 Å². The Bertz CT molecular complexity index is 1380. The Morgan fingerprint density at radius 1 is 1.03 bits per heavy atom. The Morgan fingerprint density at radius 2 is 1.71 bits per heavy atom. The van der Waals surface area contributed by atoms with Gasteiger partial charge in [0.25, 0.3) is 5.91 Å². The lowest BCUT2D eigenvalue weighted by Gasteiger charge is -2.31. The third kappa shape index (κ3) is 5.60. The molecule has 0 unspecified atom stereocenters. The normalized spacial score (nSPS) is 17.8. The summed E-state index contributed by atoms with van der Waals surface area (Å²) in [5, 5.41) is 0.986. The molecule has 1 aromatic heterocycles. The fourth-order valence-corrected chi connectivity index (χ4v) is 7.47. The van der Waals surface area contributed by atoms with Crippen molar-refractivity contribution in [3.8, 4) is 11.1 Å². The van der Waals surface area contributed by atoms with E-state index < -0.39 is 15.9 Å². The number of hydrogen-bond donors (Lipinski definition) is 2. The van der Waals surface area contributed by atoms with Crippen LogP contribution >= 0.6 is 0 Å². The number of nitrogens with one attached hydrogen (secondary N) is 1. The molecule has 3 N–H and O–H groups in total. The number of nitrogens with two attached hydrogens (primary N) is 1. The molecule has 1 amide bonds. The highest BCUT2D eigenvalue weighted by atomic mass is 32.2. The van der Waals surface area contributed by atoms with Gasteiger partial charge in [0, 0.05) is 44.5 Å². The molecular weight excluding hydrogens is 498 g/mol. The summed E-state index contributed by atoms with van der Waals surface area (Å²) in [5.41, 5.74) is 11.2. The molecule has 2 fully saturated rings. The number of aromatic nitrogens is 1. The summed E-state index contributed by atoms with van der Waals surface area (Å²) in [4.78, 5) is 20.1. The zero-order chi connectivity index (χ0) is 26.9. The molecule has 0 bridgehead atoms. The number of H-pyrrole nitrogens is 1. The van der Waals surface area contributed by atoms with Crippen molar-refractivity contribution in [3.63, 3.8) is 0 Å². The van der Waals surface area contributed by atoms with Crippen LogP contribution in [0.4, 0.5) is 5.69 Å². The number of piperidine rings is 1. The molecule has 0 atom stereocenters. The molecule has 2 aliphatic heterocycles. The predicted molar refractivity (Wildman–Crippen MR) is 154 cm³/mol. The van der Waals surface area contributed by atoms with Crippen LogP contribution in [0, 0.1) is 0 Å². The number of primary amides is 1. The van der Waals surface area contributed by atoms with E-state index in [2.05, 4.69) is 40.2 Å². The van der Waals surface area contributed by atoms with E-state index in [4.69, 9.17) is 5.73 Å². The van der Waals surface area contributed by atoms with Crippen molar-refractivity contribution in [2.75, 3.05) is 57.5 Å². The topological polar surface area (TPSA) is 103 Å². The number of rotatable bonds is 9. The van der Waals surface area contributed by atoms with Crippen LogP contribution in [0.25, 0.3) is 22.0 Å². The first-order chi connectivity index (χ1) is 18.2. The van der Waals surface area contributed by atoms with E-state index in [-0.39, 0.29) is 11.7 Å². The fourth-order valence-electron chi connectivity index (χ4n) is 5.95. The summed E-state index contributed by atoms with van der Waals surface area (Å²) in [5.74, 6) is -0.0314. The molecule has 3 aromatic rings. The first-order valence-corrected chi connectivity index (χ1v) is 15.3. The molecule has 2 aromatic carbocycles.